The molecular formula is C11H21N3O2. The van der Waals surface area contributed by atoms with Crippen LogP contribution in [-0.4, -0.2) is 37.0 Å². The van der Waals surface area contributed by atoms with Crippen molar-refractivity contribution in [2.24, 2.45) is 0 Å². The summed E-state index contributed by atoms with van der Waals surface area (Å²) in [5.41, 5.74) is 0. The minimum atomic E-state index is -0.405. The summed E-state index contributed by atoms with van der Waals surface area (Å²) in [5, 5.41) is 8.26. The lowest BCUT2D eigenvalue weighted by molar-refractivity contribution is -0.124. The molecule has 0 saturated carbocycles. The number of carbonyl (C=O) groups is 2. The zero-order valence-corrected chi connectivity index (χ0v) is 10.2. The SMILES string of the molecule is C=CCNC(=O)C(C)NC(C)C(=O)NCC. The highest BCUT2D eigenvalue weighted by molar-refractivity contribution is 5.84. The van der Waals surface area contributed by atoms with E-state index in [0.29, 0.717) is 13.1 Å². The van der Waals surface area contributed by atoms with Crippen LogP contribution in [0.25, 0.3) is 0 Å². The van der Waals surface area contributed by atoms with Gasteiger partial charge in [0.05, 0.1) is 12.1 Å². The molecule has 0 fully saturated rings. The Labute approximate surface area is 96.7 Å². The zero-order chi connectivity index (χ0) is 12.6. The minimum Gasteiger partial charge on any atom is -0.355 e. The van der Waals surface area contributed by atoms with Crippen LogP contribution in [-0.2, 0) is 9.59 Å². The molecule has 0 radical (unpaired) electrons. The van der Waals surface area contributed by atoms with Gasteiger partial charge in [-0.25, -0.2) is 0 Å². The van der Waals surface area contributed by atoms with Gasteiger partial charge in [0.15, 0.2) is 0 Å². The van der Waals surface area contributed by atoms with E-state index in [1.54, 1.807) is 19.9 Å². The van der Waals surface area contributed by atoms with E-state index in [4.69, 9.17) is 0 Å². The van der Waals surface area contributed by atoms with Gasteiger partial charge in [-0.3, -0.25) is 14.9 Å². The molecule has 2 unspecified atom stereocenters. The van der Waals surface area contributed by atoms with Gasteiger partial charge in [-0.15, -0.1) is 6.58 Å². The maximum atomic E-state index is 11.5. The van der Waals surface area contributed by atoms with E-state index >= 15 is 0 Å². The molecule has 3 N–H and O–H groups in total. The van der Waals surface area contributed by atoms with Crippen molar-refractivity contribution in [2.75, 3.05) is 13.1 Å². The fraction of sp³-hybridized carbons (Fsp3) is 0.636. The first-order chi connectivity index (χ1) is 7.52. The molecule has 0 spiro atoms. The lowest BCUT2D eigenvalue weighted by Gasteiger charge is -2.18. The van der Waals surface area contributed by atoms with Crippen molar-refractivity contribution in [1.82, 2.24) is 16.0 Å². The molecule has 0 aliphatic carbocycles. The number of nitrogens with one attached hydrogen (secondary N) is 3. The molecule has 5 heteroatoms. The second-order valence-electron chi connectivity index (χ2n) is 3.54. The average molecular weight is 227 g/mol. The summed E-state index contributed by atoms with van der Waals surface area (Å²) in [6.45, 7) is 9.82. The highest BCUT2D eigenvalue weighted by atomic mass is 16.2. The van der Waals surface area contributed by atoms with Crippen LogP contribution in [0.5, 0.6) is 0 Å². The van der Waals surface area contributed by atoms with Crippen LogP contribution in [0.2, 0.25) is 0 Å². The fourth-order valence-corrected chi connectivity index (χ4v) is 1.18. The minimum absolute atomic E-state index is 0.106. The first-order valence-corrected chi connectivity index (χ1v) is 5.45. The maximum Gasteiger partial charge on any atom is 0.237 e. The van der Waals surface area contributed by atoms with E-state index < -0.39 is 6.04 Å². The monoisotopic (exact) mass is 227 g/mol. The maximum absolute atomic E-state index is 11.5. The van der Waals surface area contributed by atoms with E-state index in [9.17, 15) is 9.59 Å². The van der Waals surface area contributed by atoms with Crippen LogP contribution in [0.1, 0.15) is 20.8 Å². The Morgan fingerprint density at radius 3 is 2.12 bits per heavy atom. The fourth-order valence-electron chi connectivity index (χ4n) is 1.18. The number of likely N-dealkylation sites (N-methyl/N-ethyl adjacent to an activating group) is 1. The molecule has 2 atom stereocenters. The number of amides is 2. The molecular weight excluding hydrogens is 206 g/mol. The highest BCUT2D eigenvalue weighted by Gasteiger charge is 2.18. The highest BCUT2D eigenvalue weighted by Crippen LogP contribution is 1.88. The van der Waals surface area contributed by atoms with Gasteiger partial charge in [-0.2, -0.15) is 0 Å². The molecule has 0 saturated heterocycles. The Morgan fingerprint density at radius 1 is 1.19 bits per heavy atom. The molecule has 0 aromatic rings. The van der Waals surface area contributed by atoms with Crippen molar-refractivity contribution in [1.29, 1.82) is 0 Å². The predicted molar refractivity (Wildman–Crippen MR) is 64.0 cm³/mol. The summed E-state index contributed by atoms with van der Waals surface area (Å²) in [7, 11) is 0. The van der Waals surface area contributed by atoms with Gasteiger partial charge in [-0.1, -0.05) is 6.08 Å². The van der Waals surface area contributed by atoms with Crippen LogP contribution in [0.4, 0.5) is 0 Å². The summed E-state index contributed by atoms with van der Waals surface area (Å²) >= 11 is 0. The molecule has 0 aliphatic rings. The first-order valence-electron chi connectivity index (χ1n) is 5.45. The van der Waals surface area contributed by atoms with Crippen molar-refractivity contribution < 1.29 is 9.59 Å². The molecule has 0 bridgehead atoms. The molecule has 92 valence electrons. The van der Waals surface area contributed by atoms with Gasteiger partial charge in [0.25, 0.3) is 0 Å². The molecule has 0 heterocycles. The van der Waals surface area contributed by atoms with Crippen LogP contribution in [0.3, 0.4) is 0 Å². The normalized spacial score (nSPS) is 13.7. The Balaban J connectivity index is 4.02. The van der Waals surface area contributed by atoms with Gasteiger partial charge in [-0.05, 0) is 20.8 Å². The molecule has 0 rings (SSSR count). The number of hydrogen-bond donors (Lipinski definition) is 3. The molecule has 0 aromatic heterocycles. The lowest BCUT2D eigenvalue weighted by atomic mass is 10.2. The van der Waals surface area contributed by atoms with Gasteiger partial charge in [0.1, 0.15) is 0 Å². The van der Waals surface area contributed by atoms with Crippen molar-refractivity contribution in [3.05, 3.63) is 12.7 Å². The van der Waals surface area contributed by atoms with E-state index in [1.165, 1.54) is 0 Å². The molecule has 2 amide bonds. The van der Waals surface area contributed by atoms with Crippen LogP contribution in [0.15, 0.2) is 12.7 Å². The Morgan fingerprint density at radius 2 is 1.69 bits per heavy atom. The van der Waals surface area contributed by atoms with E-state index in [1.807, 2.05) is 6.92 Å². The second-order valence-corrected chi connectivity index (χ2v) is 3.54. The van der Waals surface area contributed by atoms with Gasteiger partial charge in [0, 0.05) is 13.1 Å². The second kappa shape index (κ2) is 7.87. The zero-order valence-electron chi connectivity index (χ0n) is 10.2. The van der Waals surface area contributed by atoms with E-state index in [0.717, 1.165) is 0 Å². The van der Waals surface area contributed by atoms with Gasteiger partial charge < -0.3 is 10.6 Å². The molecule has 16 heavy (non-hydrogen) atoms. The topological polar surface area (TPSA) is 70.2 Å². The summed E-state index contributed by atoms with van der Waals surface area (Å²) in [4.78, 5) is 22.9. The third kappa shape index (κ3) is 5.50. The van der Waals surface area contributed by atoms with Gasteiger partial charge >= 0.3 is 0 Å². The predicted octanol–water partition coefficient (Wildman–Crippen LogP) is -0.209. The summed E-state index contributed by atoms with van der Waals surface area (Å²) < 4.78 is 0. The van der Waals surface area contributed by atoms with Gasteiger partial charge in [0.2, 0.25) is 11.8 Å². The molecule has 5 nitrogen and oxygen atoms in total. The Kier molecular flexibility index (Phi) is 7.20. The Hall–Kier alpha value is -1.36. The lowest BCUT2D eigenvalue weighted by Crippen LogP contribution is -2.51. The first kappa shape index (κ1) is 14.6. The average Bonchev–Trinajstić information content (AvgIpc) is 2.25. The van der Waals surface area contributed by atoms with Crippen molar-refractivity contribution in [2.45, 2.75) is 32.9 Å². The molecule has 0 aromatic carbocycles. The number of rotatable bonds is 7. The quantitative estimate of drug-likeness (QED) is 0.527. The van der Waals surface area contributed by atoms with Crippen LogP contribution >= 0.6 is 0 Å². The Bertz CT molecular complexity index is 254. The largest absolute Gasteiger partial charge is 0.355 e. The van der Waals surface area contributed by atoms with E-state index in [2.05, 4.69) is 22.5 Å². The van der Waals surface area contributed by atoms with Crippen molar-refractivity contribution in [3.63, 3.8) is 0 Å². The number of hydrogen-bond acceptors (Lipinski definition) is 3. The molecule has 0 aliphatic heterocycles. The van der Waals surface area contributed by atoms with Crippen molar-refractivity contribution >= 4 is 11.8 Å². The summed E-state index contributed by atoms with van der Waals surface area (Å²) in [6, 6.07) is -0.790. The van der Waals surface area contributed by atoms with Crippen LogP contribution < -0.4 is 16.0 Å². The summed E-state index contributed by atoms with van der Waals surface area (Å²) in [6.07, 6.45) is 1.61. The number of carbonyl (C=O) groups excluding carboxylic acids is 2. The standard InChI is InChI=1S/C11H21N3O2/c1-5-7-13-11(16)9(4)14-8(3)10(15)12-6-2/h5,8-9,14H,1,6-7H2,2-4H3,(H,12,15)(H,13,16). The third-order valence-corrected chi connectivity index (χ3v) is 2.06. The van der Waals surface area contributed by atoms with Crippen LogP contribution in [0, 0.1) is 0 Å². The van der Waals surface area contributed by atoms with E-state index in [-0.39, 0.29) is 17.9 Å². The van der Waals surface area contributed by atoms with Crippen molar-refractivity contribution in [3.8, 4) is 0 Å². The smallest absolute Gasteiger partial charge is 0.237 e. The third-order valence-electron chi connectivity index (χ3n) is 2.06. The summed E-state index contributed by atoms with van der Waals surface area (Å²) in [5.74, 6) is -0.248.